The van der Waals surface area contributed by atoms with Crippen LogP contribution >= 0.6 is 0 Å². The van der Waals surface area contributed by atoms with E-state index < -0.39 is 0 Å². The zero-order valence-corrected chi connectivity index (χ0v) is 12.9. The Morgan fingerprint density at radius 1 is 1.32 bits per heavy atom. The Bertz CT molecular complexity index is 464. The molecule has 2 rings (SSSR count). The standard InChI is InChI=1S/C16H24N2O4/c1-20-8-9-21-13-4-2-12(3-5-13)11-18-16(19)15-7-6-14(10-17)22-15/h2-5,14-15H,6-11,17H2,1H3,(H,18,19)/t14-,15+/m1/s1. The highest BCUT2D eigenvalue weighted by atomic mass is 16.5. The molecule has 0 radical (unpaired) electrons. The fourth-order valence-corrected chi connectivity index (χ4v) is 2.32. The van der Waals surface area contributed by atoms with Crippen LogP contribution in [0.15, 0.2) is 24.3 Å². The van der Waals surface area contributed by atoms with E-state index >= 15 is 0 Å². The Morgan fingerprint density at radius 2 is 2.09 bits per heavy atom. The number of nitrogens with two attached hydrogens (primary N) is 1. The van der Waals surface area contributed by atoms with Gasteiger partial charge in [-0.3, -0.25) is 4.79 Å². The highest BCUT2D eigenvalue weighted by Crippen LogP contribution is 2.19. The van der Waals surface area contributed by atoms with Gasteiger partial charge in [-0.25, -0.2) is 0 Å². The van der Waals surface area contributed by atoms with E-state index in [1.54, 1.807) is 7.11 Å². The molecular weight excluding hydrogens is 284 g/mol. The zero-order chi connectivity index (χ0) is 15.8. The monoisotopic (exact) mass is 308 g/mol. The fraction of sp³-hybridized carbons (Fsp3) is 0.562. The van der Waals surface area contributed by atoms with Crippen LogP contribution in [0.2, 0.25) is 0 Å². The third-order valence-corrected chi connectivity index (χ3v) is 3.61. The van der Waals surface area contributed by atoms with E-state index in [9.17, 15) is 4.79 Å². The predicted octanol–water partition coefficient (Wildman–Crippen LogP) is 0.834. The molecular formula is C16H24N2O4. The van der Waals surface area contributed by atoms with Gasteiger partial charge in [-0.1, -0.05) is 12.1 Å². The van der Waals surface area contributed by atoms with Gasteiger partial charge in [0.1, 0.15) is 18.5 Å². The zero-order valence-electron chi connectivity index (χ0n) is 12.9. The topological polar surface area (TPSA) is 82.8 Å². The summed E-state index contributed by atoms with van der Waals surface area (Å²) in [6.45, 7) is 2.02. The van der Waals surface area contributed by atoms with Gasteiger partial charge in [0.05, 0.1) is 12.7 Å². The summed E-state index contributed by atoms with van der Waals surface area (Å²) < 4.78 is 16.0. The maximum absolute atomic E-state index is 12.0. The van der Waals surface area contributed by atoms with Crippen molar-refractivity contribution >= 4 is 5.91 Å². The lowest BCUT2D eigenvalue weighted by atomic mass is 10.1. The summed E-state index contributed by atoms with van der Waals surface area (Å²) in [6.07, 6.45) is 1.23. The van der Waals surface area contributed by atoms with E-state index in [0.29, 0.717) is 26.3 Å². The third-order valence-electron chi connectivity index (χ3n) is 3.61. The highest BCUT2D eigenvalue weighted by Gasteiger charge is 2.29. The van der Waals surface area contributed by atoms with E-state index in [-0.39, 0.29) is 18.1 Å². The average Bonchev–Trinajstić information content (AvgIpc) is 3.03. The number of rotatable bonds is 8. The van der Waals surface area contributed by atoms with E-state index in [0.717, 1.165) is 24.2 Å². The number of carbonyl (C=O) groups is 1. The highest BCUT2D eigenvalue weighted by molar-refractivity contribution is 5.81. The summed E-state index contributed by atoms with van der Waals surface area (Å²) in [4.78, 5) is 12.0. The lowest BCUT2D eigenvalue weighted by molar-refractivity contribution is -0.132. The summed E-state index contributed by atoms with van der Waals surface area (Å²) >= 11 is 0. The van der Waals surface area contributed by atoms with Crippen molar-refractivity contribution in [1.29, 1.82) is 0 Å². The van der Waals surface area contributed by atoms with Crippen molar-refractivity contribution in [1.82, 2.24) is 5.32 Å². The Hall–Kier alpha value is -1.63. The Labute approximate surface area is 130 Å². The number of hydrogen-bond acceptors (Lipinski definition) is 5. The number of hydrogen-bond donors (Lipinski definition) is 2. The fourth-order valence-electron chi connectivity index (χ4n) is 2.32. The van der Waals surface area contributed by atoms with E-state index in [1.807, 2.05) is 24.3 Å². The van der Waals surface area contributed by atoms with Crippen molar-refractivity contribution in [3.05, 3.63) is 29.8 Å². The molecule has 0 spiro atoms. The quantitative estimate of drug-likeness (QED) is 0.695. The summed E-state index contributed by atoms with van der Waals surface area (Å²) in [7, 11) is 1.64. The summed E-state index contributed by atoms with van der Waals surface area (Å²) in [5, 5.41) is 2.89. The summed E-state index contributed by atoms with van der Waals surface area (Å²) in [5.74, 6) is 0.716. The Kier molecular flexibility index (Phi) is 6.64. The molecule has 0 saturated carbocycles. The van der Waals surface area contributed by atoms with Crippen LogP contribution in [-0.2, 0) is 20.8 Å². The van der Waals surface area contributed by atoms with Gasteiger partial charge >= 0.3 is 0 Å². The predicted molar refractivity (Wildman–Crippen MR) is 82.6 cm³/mol. The summed E-state index contributed by atoms with van der Waals surface area (Å²) in [6, 6.07) is 7.63. The van der Waals surface area contributed by atoms with Crippen molar-refractivity contribution < 1.29 is 19.0 Å². The van der Waals surface area contributed by atoms with Gasteiger partial charge in [-0.15, -0.1) is 0 Å². The molecule has 1 aliphatic rings. The van der Waals surface area contributed by atoms with Crippen LogP contribution in [0.3, 0.4) is 0 Å². The number of benzene rings is 1. The first-order chi connectivity index (χ1) is 10.7. The van der Waals surface area contributed by atoms with Crippen molar-refractivity contribution in [2.45, 2.75) is 31.6 Å². The molecule has 1 amide bonds. The molecule has 1 fully saturated rings. The van der Waals surface area contributed by atoms with Gasteiger partial charge in [0.25, 0.3) is 0 Å². The van der Waals surface area contributed by atoms with Crippen LogP contribution in [0.4, 0.5) is 0 Å². The Morgan fingerprint density at radius 3 is 2.73 bits per heavy atom. The minimum absolute atomic E-state index is 0.0132. The molecule has 0 aromatic heterocycles. The van der Waals surface area contributed by atoms with Gasteiger partial charge in [0.15, 0.2) is 0 Å². The molecule has 6 heteroatoms. The van der Waals surface area contributed by atoms with Crippen LogP contribution < -0.4 is 15.8 Å². The normalized spacial score (nSPS) is 20.8. The van der Waals surface area contributed by atoms with Crippen molar-refractivity contribution in [3.63, 3.8) is 0 Å². The summed E-state index contributed by atoms with van der Waals surface area (Å²) in [5.41, 5.74) is 6.56. The van der Waals surface area contributed by atoms with E-state index in [2.05, 4.69) is 5.32 Å². The first-order valence-electron chi connectivity index (χ1n) is 7.57. The van der Waals surface area contributed by atoms with E-state index in [1.165, 1.54) is 0 Å². The SMILES string of the molecule is COCCOc1ccc(CNC(=O)[C@@H]2CC[C@H](CN)O2)cc1. The number of methoxy groups -OCH3 is 1. The molecule has 1 saturated heterocycles. The number of amides is 1. The molecule has 0 unspecified atom stereocenters. The van der Waals surface area contributed by atoms with Crippen LogP contribution in [0, 0.1) is 0 Å². The molecule has 0 bridgehead atoms. The maximum Gasteiger partial charge on any atom is 0.249 e. The molecule has 3 N–H and O–H groups in total. The Balaban J connectivity index is 1.73. The molecule has 0 aliphatic carbocycles. The second-order valence-electron chi connectivity index (χ2n) is 5.26. The number of nitrogens with one attached hydrogen (secondary N) is 1. The second-order valence-corrected chi connectivity index (χ2v) is 5.26. The number of carbonyl (C=O) groups excluding carboxylic acids is 1. The van der Waals surface area contributed by atoms with Crippen molar-refractivity contribution in [2.75, 3.05) is 26.9 Å². The van der Waals surface area contributed by atoms with Gasteiger partial charge in [-0.2, -0.15) is 0 Å². The average molecular weight is 308 g/mol. The third kappa shape index (κ3) is 4.98. The molecule has 6 nitrogen and oxygen atoms in total. The van der Waals surface area contributed by atoms with Crippen molar-refractivity contribution in [3.8, 4) is 5.75 Å². The van der Waals surface area contributed by atoms with Crippen LogP contribution in [0.5, 0.6) is 5.75 Å². The maximum atomic E-state index is 12.0. The molecule has 1 aromatic carbocycles. The molecule has 2 atom stereocenters. The van der Waals surface area contributed by atoms with Crippen molar-refractivity contribution in [2.24, 2.45) is 5.73 Å². The lowest BCUT2D eigenvalue weighted by Crippen LogP contribution is -2.35. The number of ether oxygens (including phenoxy) is 3. The van der Waals surface area contributed by atoms with E-state index in [4.69, 9.17) is 19.9 Å². The van der Waals surface area contributed by atoms with Gasteiger partial charge < -0.3 is 25.3 Å². The smallest absolute Gasteiger partial charge is 0.249 e. The largest absolute Gasteiger partial charge is 0.491 e. The van der Waals surface area contributed by atoms with Crippen LogP contribution in [-0.4, -0.2) is 45.0 Å². The molecule has 22 heavy (non-hydrogen) atoms. The van der Waals surface area contributed by atoms with Crippen LogP contribution in [0.25, 0.3) is 0 Å². The van der Waals surface area contributed by atoms with Crippen LogP contribution in [0.1, 0.15) is 18.4 Å². The second kappa shape index (κ2) is 8.73. The lowest BCUT2D eigenvalue weighted by Gasteiger charge is -2.13. The molecule has 122 valence electrons. The molecule has 1 aromatic rings. The minimum Gasteiger partial charge on any atom is -0.491 e. The molecule has 1 heterocycles. The minimum atomic E-state index is -0.370. The first-order valence-corrected chi connectivity index (χ1v) is 7.57. The van der Waals surface area contributed by atoms with Gasteiger partial charge in [0, 0.05) is 20.2 Å². The van der Waals surface area contributed by atoms with Gasteiger partial charge in [0.2, 0.25) is 5.91 Å². The molecule has 1 aliphatic heterocycles. The first kappa shape index (κ1) is 16.7. The van der Waals surface area contributed by atoms with Gasteiger partial charge in [-0.05, 0) is 30.5 Å².